The lowest BCUT2D eigenvalue weighted by Gasteiger charge is -2.05. The SMILES string of the molecule is CC(C)CCc1cnc(C(=O)CC(C)C)cn1. The van der Waals surface area contributed by atoms with Crippen molar-refractivity contribution < 1.29 is 4.79 Å². The summed E-state index contributed by atoms with van der Waals surface area (Å²) in [6.45, 7) is 8.44. The second-order valence-electron chi connectivity index (χ2n) is 5.35. The predicted molar refractivity (Wildman–Crippen MR) is 69.0 cm³/mol. The average molecular weight is 234 g/mol. The van der Waals surface area contributed by atoms with Gasteiger partial charge >= 0.3 is 0 Å². The van der Waals surface area contributed by atoms with Gasteiger partial charge in [0, 0.05) is 12.6 Å². The first-order chi connectivity index (χ1) is 7.99. The minimum atomic E-state index is 0.0860. The molecule has 0 aliphatic heterocycles. The fourth-order valence-corrected chi connectivity index (χ4v) is 1.54. The highest BCUT2D eigenvalue weighted by Gasteiger charge is 2.10. The second kappa shape index (κ2) is 6.48. The van der Waals surface area contributed by atoms with Crippen molar-refractivity contribution in [2.24, 2.45) is 11.8 Å². The Morgan fingerprint density at radius 2 is 1.82 bits per heavy atom. The van der Waals surface area contributed by atoms with Crippen molar-refractivity contribution in [3.8, 4) is 0 Å². The summed E-state index contributed by atoms with van der Waals surface area (Å²) in [4.78, 5) is 20.2. The van der Waals surface area contributed by atoms with Crippen molar-refractivity contribution in [3.05, 3.63) is 23.8 Å². The molecular formula is C14H22N2O. The first kappa shape index (κ1) is 13.8. The summed E-state index contributed by atoms with van der Waals surface area (Å²) < 4.78 is 0. The van der Waals surface area contributed by atoms with Crippen molar-refractivity contribution in [2.75, 3.05) is 0 Å². The van der Waals surface area contributed by atoms with E-state index in [0.717, 1.165) is 18.5 Å². The van der Waals surface area contributed by atoms with Gasteiger partial charge in [-0.05, 0) is 24.7 Å². The summed E-state index contributed by atoms with van der Waals surface area (Å²) in [5, 5.41) is 0. The van der Waals surface area contributed by atoms with E-state index in [1.807, 2.05) is 13.8 Å². The summed E-state index contributed by atoms with van der Waals surface area (Å²) >= 11 is 0. The molecule has 0 fully saturated rings. The van der Waals surface area contributed by atoms with Gasteiger partial charge in [0.05, 0.1) is 11.9 Å². The van der Waals surface area contributed by atoms with Gasteiger partial charge in [-0.25, -0.2) is 4.98 Å². The third kappa shape index (κ3) is 5.07. The summed E-state index contributed by atoms with van der Waals surface area (Å²) in [5.74, 6) is 1.12. The minimum absolute atomic E-state index is 0.0860. The normalized spacial score (nSPS) is 11.2. The molecule has 0 aliphatic carbocycles. The van der Waals surface area contributed by atoms with Gasteiger partial charge in [-0.2, -0.15) is 0 Å². The molecule has 0 spiro atoms. The standard InChI is InChI=1S/C14H22N2O/c1-10(2)5-6-12-8-16-13(9-15-12)14(17)7-11(3)4/h8-11H,5-7H2,1-4H3. The molecule has 3 heteroatoms. The molecule has 0 aliphatic rings. The predicted octanol–water partition coefficient (Wildman–Crippen LogP) is 3.29. The van der Waals surface area contributed by atoms with Crippen molar-refractivity contribution in [1.82, 2.24) is 9.97 Å². The van der Waals surface area contributed by atoms with Crippen molar-refractivity contribution in [2.45, 2.75) is 47.0 Å². The molecule has 0 saturated carbocycles. The quantitative estimate of drug-likeness (QED) is 0.709. The summed E-state index contributed by atoms with van der Waals surface area (Å²) in [5.41, 5.74) is 1.46. The van der Waals surface area contributed by atoms with E-state index in [-0.39, 0.29) is 5.78 Å². The van der Waals surface area contributed by atoms with E-state index in [1.165, 1.54) is 0 Å². The Kier molecular flexibility index (Phi) is 5.26. The van der Waals surface area contributed by atoms with Gasteiger partial charge in [0.1, 0.15) is 5.69 Å². The smallest absolute Gasteiger partial charge is 0.183 e. The number of aryl methyl sites for hydroxylation is 1. The molecule has 17 heavy (non-hydrogen) atoms. The number of hydrogen-bond donors (Lipinski definition) is 0. The van der Waals surface area contributed by atoms with Crippen molar-refractivity contribution >= 4 is 5.78 Å². The molecule has 1 heterocycles. The molecule has 1 rings (SSSR count). The fourth-order valence-electron chi connectivity index (χ4n) is 1.54. The van der Waals surface area contributed by atoms with Crippen LogP contribution in [-0.4, -0.2) is 15.8 Å². The molecule has 0 bridgehead atoms. The second-order valence-corrected chi connectivity index (χ2v) is 5.35. The van der Waals surface area contributed by atoms with Crippen LogP contribution in [0, 0.1) is 11.8 Å². The third-order valence-electron chi connectivity index (χ3n) is 2.56. The fraction of sp³-hybridized carbons (Fsp3) is 0.643. The lowest BCUT2D eigenvalue weighted by molar-refractivity contribution is 0.0962. The van der Waals surface area contributed by atoms with Gasteiger partial charge in [0.25, 0.3) is 0 Å². The van der Waals surface area contributed by atoms with Gasteiger partial charge in [-0.1, -0.05) is 27.7 Å². The van der Waals surface area contributed by atoms with E-state index in [9.17, 15) is 4.79 Å². The molecule has 0 N–H and O–H groups in total. The Balaban J connectivity index is 2.58. The summed E-state index contributed by atoms with van der Waals surface area (Å²) in [6, 6.07) is 0. The van der Waals surface area contributed by atoms with E-state index in [1.54, 1.807) is 12.4 Å². The van der Waals surface area contributed by atoms with Crippen molar-refractivity contribution in [1.29, 1.82) is 0 Å². The highest BCUT2D eigenvalue weighted by Crippen LogP contribution is 2.09. The van der Waals surface area contributed by atoms with E-state index >= 15 is 0 Å². The number of carbonyl (C=O) groups excluding carboxylic acids is 1. The number of nitrogens with zero attached hydrogens (tertiary/aromatic N) is 2. The van der Waals surface area contributed by atoms with Gasteiger partial charge in [-0.15, -0.1) is 0 Å². The molecule has 1 aromatic rings. The summed E-state index contributed by atoms with van der Waals surface area (Å²) in [6.07, 6.45) is 5.92. The number of carbonyl (C=O) groups is 1. The number of rotatable bonds is 6. The van der Waals surface area contributed by atoms with E-state index in [0.29, 0.717) is 24.0 Å². The van der Waals surface area contributed by atoms with Gasteiger partial charge in [0.2, 0.25) is 0 Å². The molecule has 0 radical (unpaired) electrons. The largest absolute Gasteiger partial charge is 0.292 e. The first-order valence-electron chi connectivity index (χ1n) is 6.33. The van der Waals surface area contributed by atoms with Crippen LogP contribution in [0.1, 0.15) is 56.7 Å². The van der Waals surface area contributed by atoms with Gasteiger partial charge in [0.15, 0.2) is 5.78 Å². The van der Waals surface area contributed by atoms with Crippen LogP contribution < -0.4 is 0 Å². The Morgan fingerprint density at radius 1 is 1.12 bits per heavy atom. The third-order valence-corrected chi connectivity index (χ3v) is 2.56. The summed E-state index contributed by atoms with van der Waals surface area (Å²) in [7, 11) is 0. The van der Waals surface area contributed by atoms with E-state index in [4.69, 9.17) is 0 Å². The average Bonchev–Trinajstić information content (AvgIpc) is 2.26. The number of hydrogen-bond acceptors (Lipinski definition) is 3. The van der Waals surface area contributed by atoms with Crippen LogP contribution >= 0.6 is 0 Å². The molecule has 0 unspecified atom stereocenters. The number of ketones is 1. The number of aromatic nitrogens is 2. The highest BCUT2D eigenvalue weighted by molar-refractivity contribution is 5.93. The Hall–Kier alpha value is -1.25. The topological polar surface area (TPSA) is 42.9 Å². The lowest BCUT2D eigenvalue weighted by Crippen LogP contribution is -2.07. The van der Waals surface area contributed by atoms with Crippen LogP contribution in [0.3, 0.4) is 0 Å². The number of Topliss-reactive ketones (excluding diaryl/α,β-unsaturated/α-hetero) is 1. The maximum absolute atomic E-state index is 11.7. The van der Waals surface area contributed by atoms with Crippen LogP contribution in [0.25, 0.3) is 0 Å². The van der Waals surface area contributed by atoms with Crippen LogP contribution in [0.4, 0.5) is 0 Å². The molecular weight excluding hydrogens is 212 g/mol. The zero-order valence-corrected chi connectivity index (χ0v) is 11.2. The Bertz CT molecular complexity index is 355. The molecule has 0 atom stereocenters. The molecule has 0 aromatic carbocycles. The van der Waals surface area contributed by atoms with Crippen LogP contribution in [0.15, 0.2) is 12.4 Å². The Labute approximate surface area is 104 Å². The van der Waals surface area contributed by atoms with Gasteiger partial charge in [-0.3, -0.25) is 9.78 Å². The zero-order valence-electron chi connectivity index (χ0n) is 11.2. The molecule has 0 amide bonds. The maximum Gasteiger partial charge on any atom is 0.183 e. The van der Waals surface area contributed by atoms with E-state index in [2.05, 4.69) is 23.8 Å². The van der Waals surface area contributed by atoms with Crippen LogP contribution in [-0.2, 0) is 6.42 Å². The molecule has 3 nitrogen and oxygen atoms in total. The van der Waals surface area contributed by atoms with E-state index < -0.39 is 0 Å². The monoisotopic (exact) mass is 234 g/mol. The van der Waals surface area contributed by atoms with Crippen LogP contribution in [0.5, 0.6) is 0 Å². The van der Waals surface area contributed by atoms with Crippen LogP contribution in [0.2, 0.25) is 0 Å². The van der Waals surface area contributed by atoms with Crippen molar-refractivity contribution in [3.63, 3.8) is 0 Å². The molecule has 94 valence electrons. The highest BCUT2D eigenvalue weighted by atomic mass is 16.1. The molecule has 0 saturated heterocycles. The van der Waals surface area contributed by atoms with Gasteiger partial charge < -0.3 is 0 Å². The maximum atomic E-state index is 11.7. The zero-order chi connectivity index (χ0) is 12.8. The minimum Gasteiger partial charge on any atom is -0.292 e. The lowest BCUT2D eigenvalue weighted by atomic mass is 10.1. The molecule has 1 aromatic heterocycles. The first-order valence-corrected chi connectivity index (χ1v) is 6.33. The Morgan fingerprint density at radius 3 is 2.29 bits per heavy atom.